The molecule has 5 heteroatoms. The fourth-order valence-electron chi connectivity index (χ4n) is 1.01. The largest absolute Gasteiger partial charge is 0.337 e. The molecule has 1 atom stereocenters. The van der Waals surface area contributed by atoms with Gasteiger partial charge in [0.05, 0.1) is 6.10 Å². The van der Waals surface area contributed by atoms with Crippen molar-refractivity contribution in [1.29, 1.82) is 0 Å². The third kappa shape index (κ3) is 9.47. The molecule has 14 heavy (non-hydrogen) atoms. The molecule has 0 aliphatic rings. The van der Waals surface area contributed by atoms with Gasteiger partial charge < -0.3 is 9.42 Å². The van der Waals surface area contributed by atoms with Gasteiger partial charge in [-0.2, -0.15) is 0 Å². The van der Waals surface area contributed by atoms with E-state index in [1.54, 1.807) is 0 Å². The van der Waals surface area contributed by atoms with Gasteiger partial charge in [0.15, 0.2) is 0 Å². The summed E-state index contributed by atoms with van der Waals surface area (Å²) in [5.41, 5.74) is -2.55. The van der Waals surface area contributed by atoms with Crippen molar-refractivity contribution in [3.05, 3.63) is 0 Å². The molecule has 0 aliphatic heterocycles. The first-order valence-electron chi connectivity index (χ1n) is 5.13. The first kappa shape index (κ1) is 14.9. The Labute approximate surface area is 96.7 Å². The summed E-state index contributed by atoms with van der Waals surface area (Å²) >= 11 is 6.42. The van der Waals surface area contributed by atoms with Crippen molar-refractivity contribution in [3.8, 4) is 0 Å². The molecule has 0 bridgehead atoms. The molecule has 0 saturated heterocycles. The lowest BCUT2D eigenvalue weighted by Crippen LogP contribution is -1.98. The molecule has 86 valence electrons. The highest BCUT2D eigenvalue weighted by molar-refractivity contribution is 8.67. The minimum absolute atomic E-state index is 0.0222. The van der Waals surface area contributed by atoms with Gasteiger partial charge >= 0.3 is 0 Å². The number of unbranched alkanes of at least 4 members (excludes halogenated alkanes) is 3. The molecule has 2 nitrogen and oxygen atoms in total. The molecule has 0 rings (SSSR count). The second kappa shape index (κ2) is 8.12. The quantitative estimate of drug-likeness (QED) is 0.526. The molecular weight excluding hydrogens is 235 g/mol. The van der Waals surface area contributed by atoms with Gasteiger partial charge in [0.1, 0.15) is 0 Å². The third-order valence-electron chi connectivity index (χ3n) is 1.60. The predicted molar refractivity (Wildman–Crippen MR) is 69.3 cm³/mol. The molecule has 0 amide bonds. The second-order valence-corrected chi connectivity index (χ2v) is 9.77. The Morgan fingerprint density at radius 3 is 2.50 bits per heavy atom. The Balaban J connectivity index is 3.51. The smallest absolute Gasteiger partial charge is 0.244 e. The van der Waals surface area contributed by atoms with Crippen LogP contribution >= 0.6 is 17.1 Å². The average molecular weight is 256 g/mol. The molecule has 0 aliphatic carbocycles. The summed E-state index contributed by atoms with van der Waals surface area (Å²) in [5.74, 6) is 0.917. The number of hydrogen-bond acceptors (Lipinski definition) is 3. The van der Waals surface area contributed by atoms with E-state index in [1.165, 1.54) is 30.6 Å². The Bertz CT molecular complexity index is 186. The first-order valence-corrected chi connectivity index (χ1v) is 9.40. The van der Waals surface area contributed by atoms with E-state index in [-0.39, 0.29) is 6.10 Å². The van der Waals surface area contributed by atoms with Gasteiger partial charge in [0.2, 0.25) is 5.69 Å². The zero-order valence-corrected chi connectivity index (χ0v) is 11.8. The van der Waals surface area contributed by atoms with E-state index in [4.69, 9.17) is 16.3 Å². The SMILES string of the molecule is CCCCCCSP(O)(=S)OC(C)C. The van der Waals surface area contributed by atoms with Gasteiger partial charge in [-0.1, -0.05) is 37.6 Å². The maximum atomic E-state index is 9.71. The molecule has 0 saturated carbocycles. The van der Waals surface area contributed by atoms with Crippen LogP contribution in [0.2, 0.25) is 0 Å². The lowest BCUT2D eigenvalue weighted by Gasteiger charge is -2.17. The molecule has 0 aromatic carbocycles. The van der Waals surface area contributed by atoms with Gasteiger partial charge in [-0.25, -0.2) is 0 Å². The Kier molecular flexibility index (Phi) is 8.65. The van der Waals surface area contributed by atoms with Crippen molar-refractivity contribution in [2.24, 2.45) is 0 Å². The van der Waals surface area contributed by atoms with Crippen LogP contribution in [0, 0.1) is 0 Å². The van der Waals surface area contributed by atoms with Crippen LogP contribution in [0.4, 0.5) is 0 Å². The normalized spacial score (nSPS) is 15.8. The third-order valence-corrected chi connectivity index (χ3v) is 6.07. The maximum Gasteiger partial charge on any atom is 0.244 e. The summed E-state index contributed by atoms with van der Waals surface area (Å²) in [6.07, 6.45) is 4.87. The molecule has 1 N–H and O–H groups in total. The summed E-state index contributed by atoms with van der Waals surface area (Å²) in [7, 11) is 0. The highest BCUT2D eigenvalue weighted by Gasteiger charge is 2.15. The maximum absolute atomic E-state index is 9.71. The van der Waals surface area contributed by atoms with Crippen molar-refractivity contribution in [2.45, 2.75) is 52.6 Å². The van der Waals surface area contributed by atoms with Gasteiger partial charge in [0, 0.05) is 5.75 Å². The summed E-state index contributed by atoms with van der Waals surface area (Å²) in [5, 5.41) is 0. The first-order chi connectivity index (χ1) is 6.48. The van der Waals surface area contributed by atoms with Crippen molar-refractivity contribution < 1.29 is 9.42 Å². The van der Waals surface area contributed by atoms with Gasteiger partial charge in [0.25, 0.3) is 0 Å². The topological polar surface area (TPSA) is 29.5 Å². The second-order valence-electron chi connectivity index (χ2n) is 3.52. The lowest BCUT2D eigenvalue weighted by atomic mass is 10.2. The van der Waals surface area contributed by atoms with E-state index in [0.717, 1.165) is 12.2 Å². The summed E-state index contributed by atoms with van der Waals surface area (Å²) in [6, 6.07) is 0. The van der Waals surface area contributed by atoms with Crippen LogP contribution < -0.4 is 0 Å². The van der Waals surface area contributed by atoms with E-state index in [9.17, 15) is 4.89 Å². The molecule has 0 spiro atoms. The van der Waals surface area contributed by atoms with Gasteiger partial charge in [-0.3, -0.25) is 0 Å². The van der Waals surface area contributed by atoms with Crippen LogP contribution in [0.5, 0.6) is 0 Å². The minimum Gasteiger partial charge on any atom is -0.337 e. The fraction of sp³-hybridized carbons (Fsp3) is 1.00. The van der Waals surface area contributed by atoms with Crippen LogP contribution in [0.15, 0.2) is 0 Å². The van der Waals surface area contributed by atoms with E-state index in [1.807, 2.05) is 13.8 Å². The van der Waals surface area contributed by atoms with Gasteiger partial charge in [-0.05, 0) is 32.1 Å². The molecule has 0 radical (unpaired) electrons. The van der Waals surface area contributed by atoms with Crippen molar-refractivity contribution in [3.63, 3.8) is 0 Å². The van der Waals surface area contributed by atoms with E-state index in [2.05, 4.69) is 6.92 Å². The standard InChI is InChI=1S/C9H21O2PS2/c1-4-5-6-7-8-14-12(10,13)11-9(2)3/h9H,4-8H2,1-3H3,(H,10,13). The zero-order valence-electron chi connectivity index (χ0n) is 9.23. The lowest BCUT2D eigenvalue weighted by molar-refractivity contribution is 0.248. The van der Waals surface area contributed by atoms with E-state index >= 15 is 0 Å². The molecule has 1 unspecified atom stereocenters. The van der Waals surface area contributed by atoms with Crippen LogP contribution in [-0.2, 0) is 16.3 Å². The zero-order chi connectivity index (χ0) is 11.0. The van der Waals surface area contributed by atoms with E-state index < -0.39 is 5.69 Å². The fourth-order valence-corrected chi connectivity index (χ4v) is 5.13. The van der Waals surface area contributed by atoms with Crippen LogP contribution in [0.1, 0.15) is 46.5 Å². The Morgan fingerprint density at radius 2 is 2.00 bits per heavy atom. The Morgan fingerprint density at radius 1 is 1.36 bits per heavy atom. The monoisotopic (exact) mass is 256 g/mol. The summed E-state index contributed by atoms with van der Waals surface area (Å²) in [4.78, 5) is 9.71. The predicted octanol–water partition coefficient (Wildman–Crippen LogP) is 3.94. The highest BCUT2D eigenvalue weighted by Crippen LogP contribution is 2.57. The molecular formula is C9H21O2PS2. The molecule has 0 fully saturated rings. The number of hydrogen-bond donors (Lipinski definition) is 1. The Hall–Kier alpha value is 0.920. The molecule has 0 heterocycles. The van der Waals surface area contributed by atoms with Crippen molar-refractivity contribution >= 4 is 28.9 Å². The minimum atomic E-state index is -2.55. The number of rotatable bonds is 8. The van der Waals surface area contributed by atoms with Crippen LogP contribution in [-0.4, -0.2) is 16.8 Å². The van der Waals surface area contributed by atoms with Gasteiger partial charge in [-0.15, -0.1) is 0 Å². The van der Waals surface area contributed by atoms with Crippen molar-refractivity contribution in [2.75, 3.05) is 5.75 Å². The summed E-state index contributed by atoms with van der Waals surface area (Å²) < 4.78 is 5.29. The summed E-state index contributed by atoms with van der Waals surface area (Å²) in [6.45, 7) is 5.98. The van der Waals surface area contributed by atoms with E-state index in [0.29, 0.717) is 0 Å². The molecule has 0 aromatic heterocycles. The highest BCUT2D eigenvalue weighted by atomic mass is 32.9. The van der Waals surface area contributed by atoms with Crippen LogP contribution in [0.25, 0.3) is 0 Å². The average Bonchev–Trinajstić information content (AvgIpc) is 2.01. The van der Waals surface area contributed by atoms with Crippen LogP contribution in [0.3, 0.4) is 0 Å². The van der Waals surface area contributed by atoms with Crippen molar-refractivity contribution in [1.82, 2.24) is 0 Å². The molecule has 0 aromatic rings.